The number of carbonyl (C=O) groups excluding carboxylic acids is 1. The Labute approximate surface area is 113 Å². The topological polar surface area (TPSA) is 91.6 Å². The van der Waals surface area contributed by atoms with Gasteiger partial charge < -0.3 is 20.2 Å². The quantitative estimate of drug-likeness (QED) is 0.801. The molecule has 7 heteroatoms. The number of aromatic carboxylic acids is 1. The minimum Gasteiger partial charge on any atom is -0.478 e. The fourth-order valence-corrected chi connectivity index (χ4v) is 1.52. The summed E-state index contributed by atoms with van der Waals surface area (Å²) in [7, 11) is 0. The van der Waals surface area contributed by atoms with E-state index in [2.05, 4.69) is 10.6 Å². The average Bonchev–Trinajstić information content (AvgIpc) is 2.89. The van der Waals surface area contributed by atoms with E-state index in [1.807, 2.05) is 0 Å². The fraction of sp³-hybridized carbons (Fsp3) is 0.0769. The van der Waals surface area contributed by atoms with Crippen LogP contribution in [0.5, 0.6) is 0 Å². The zero-order valence-corrected chi connectivity index (χ0v) is 10.2. The standard InChI is InChI=1S/C13H11FN2O4/c14-11-5-9(1-2-10(11)12(17)18)16-13(19)15-6-8-3-4-20-7-8/h1-5,7H,6H2,(H,17,18)(H2,15,16,19). The Kier molecular flexibility index (Phi) is 3.99. The first-order chi connectivity index (χ1) is 9.56. The number of hydrogen-bond donors (Lipinski definition) is 3. The summed E-state index contributed by atoms with van der Waals surface area (Å²) < 4.78 is 18.2. The molecule has 0 spiro atoms. The number of halogens is 1. The number of carboxylic acid groups (broad SMARTS) is 1. The number of rotatable bonds is 4. The zero-order chi connectivity index (χ0) is 14.5. The third-order valence-electron chi connectivity index (χ3n) is 2.49. The van der Waals surface area contributed by atoms with Crippen molar-refractivity contribution >= 4 is 17.7 Å². The monoisotopic (exact) mass is 278 g/mol. The Morgan fingerprint density at radius 1 is 1.30 bits per heavy atom. The van der Waals surface area contributed by atoms with Crippen LogP contribution in [0.1, 0.15) is 15.9 Å². The predicted molar refractivity (Wildman–Crippen MR) is 67.9 cm³/mol. The molecule has 2 aromatic rings. The second-order valence-electron chi connectivity index (χ2n) is 3.94. The molecule has 2 amide bonds. The van der Waals surface area contributed by atoms with Crippen LogP contribution in [0, 0.1) is 5.82 Å². The maximum absolute atomic E-state index is 13.4. The summed E-state index contributed by atoms with van der Waals surface area (Å²) in [6.07, 6.45) is 2.97. The summed E-state index contributed by atoms with van der Waals surface area (Å²) in [5.41, 5.74) is 0.499. The average molecular weight is 278 g/mol. The number of benzene rings is 1. The summed E-state index contributed by atoms with van der Waals surface area (Å²) in [6, 6.07) is 4.50. The van der Waals surface area contributed by atoms with Crippen LogP contribution in [0.25, 0.3) is 0 Å². The van der Waals surface area contributed by atoms with E-state index in [9.17, 15) is 14.0 Å². The van der Waals surface area contributed by atoms with Crippen molar-refractivity contribution in [1.29, 1.82) is 0 Å². The number of urea groups is 1. The van der Waals surface area contributed by atoms with Crippen LogP contribution >= 0.6 is 0 Å². The molecular weight excluding hydrogens is 267 g/mol. The van der Waals surface area contributed by atoms with Crippen molar-refractivity contribution in [2.75, 3.05) is 5.32 Å². The van der Waals surface area contributed by atoms with Crippen molar-refractivity contribution in [3.63, 3.8) is 0 Å². The Balaban J connectivity index is 1.94. The van der Waals surface area contributed by atoms with Crippen LogP contribution in [-0.4, -0.2) is 17.1 Å². The van der Waals surface area contributed by atoms with Crippen molar-refractivity contribution in [2.24, 2.45) is 0 Å². The van der Waals surface area contributed by atoms with E-state index in [1.165, 1.54) is 18.6 Å². The number of furan rings is 1. The molecule has 0 aliphatic heterocycles. The van der Waals surface area contributed by atoms with E-state index in [4.69, 9.17) is 9.52 Å². The minimum absolute atomic E-state index is 0.164. The van der Waals surface area contributed by atoms with Gasteiger partial charge in [-0.25, -0.2) is 14.0 Å². The van der Waals surface area contributed by atoms with Crippen molar-refractivity contribution in [2.45, 2.75) is 6.54 Å². The van der Waals surface area contributed by atoms with Gasteiger partial charge in [0.2, 0.25) is 0 Å². The summed E-state index contributed by atoms with van der Waals surface area (Å²) >= 11 is 0. The number of carboxylic acids is 1. The minimum atomic E-state index is -1.36. The molecule has 0 bridgehead atoms. The lowest BCUT2D eigenvalue weighted by Gasteiger charge is -2.07. The highest BCUT2D eigenvalue weighted by molar-refractivity contribution is 5.91. The van der Waals surface area contributed by atoms with E-state index in [0.29, 0.717) is 0 Å². The molecule has 20 heavy (non-hydrogen) atoms. The first kappa shape index (κ1) is 13.6. The van der Waals surface area contributed by atoms with Gasteiger partial charge in [-0.1, -0.05) is 0 Å². The molecule has 0 unspecified atom stereocenters. The Hall–Kier alpha value is -2.83. The normalized spacial score (nSPS) is 10.1. The molecular formula is C13H11FN2O4. The first-order valence-corrected chi connectivity index (χ1v) is 5.65. The molecule has 3 N–H and O–H groups in total. The fourth-order valence-electron chi connectivity index (χ4n) is 1.52. The number of hydrogen-bond acceptors (Lipinski definition) is 3. The lowest BCUT2D eigenvalue weighted by molar-refractivity contribution is 0.0692. The third-order valence-corrected chi connectivity index (χ3v) is 2.49. The molecule has 1 heterocycles. The van der Waals surface area contributed by atoms with Gasteiger partial charge in [0.1, 0.15) is 5.82 Å². The van der Waals surface area contributed by atoms with Gasteiger partial charge in [-0.3, -0.25) is 0 Å². The van der Waals surface area contributed by atoms with E-state index < -0.39 is 23.4 Å². The van der Waals surface area contributed by atoms with Gasteiger partial charge in [-0.2, -0.15) is 0 Å². The second kappa shape index (κ2) is 5.87. The molecule has 104 valence electrons. The van der Waals surface area contributed by atoms with Gasteiger partial charge in [-0.15, -0.1) is 0 Å². The van der Waals surface area contributed by atoms with Crippen molar-refractivity contribution in [3.8, 4) is 0 Å². The van der Waals surface area contributed by atoms with Gasteiger partial charge in [-0.05, 0) is 24.3 Å². The van der Waals surface area contributed by atoms with Crippen LogP contribution < -0.4 is 10.6 Å². The van der Waals surface area contributed by atoms with Crippen LogP contribution in [-0.2, 0) is 6.54 Å². The number of anilines is 1. The van der Waals surface area contributed by atoms with Gasteiger partial charge in [0.25, 0.3) is 0 Å². The molecule has 0 fully saturated rings. The van der Waals surface area contributed by atoms with E-state index in [-0.39, 0.29) is 12.2 Å². The SMILES string of the molecule is O=C(NCc1ccoc1)Nc1ccc(C(=O)O)c(F)c1. The maximum Gasteiger partial charge on any atom is 0.338 e. The molecule has 0 saturated heterocycles. The molecule has 0 radical (unpaired) electrons. The summed E-state index contributed by atoms with van der Waals surface area (Å²) in [5, 5.41) is 13.6. The van der Waals surface area contributed by atoms with Crippen LogP contribution in [0.15, 0.2) is 41.2 Å². The summed E-state index contributed by atoms with van der Waals surface area (Å²) in [6.45, 7) is 0.262. The molecule has 1 aromatic heterocycles. The van der Waals surface area contributed by atoms with Crippen molar-refractivity contribution < 1.29 is 23.5 Å². The van der Waals surface area contributed by atoms with Crippen LogP contribution in [0.4, 0.5) is 14.9 Å². The molecule has 0 saturated carbocycles. The zero-order valence-electron chi connectivity index (χ0n) is 10.2. The van der Waals surface area contributed by atoms with E-state index in [1.54, 1.807) is 6.07 Å². The van der Waals surface area contributed by atoms with Gasteiger partial charge in [0.15, 0.2) is 0 Å². The predicted octanol–water partition coefficient (Wildman–Crippen LogP) is 2.44. The van der Waals surface area contributed by atoms with Crippen LogP contribution in [0.2, 0.25) is 0 Å². The van der Waals surface area contributed by atoms with Gasteiger partial charge in [0.05, 0.1) is 18.1 Å². The lowest BCUT2D eigenvalue weighted by Crippen LogP contribution is -2.28. The first-order valence-electron chi connectivity index (χ1n) is 5.65. The molecule has 0 aliphatic rings. The molecule has 1 aromatic carbocycles. The second-order valence-corrected chi connectivity index (χ2v) is 3.94. The lowest BCUT2D eigenvalue weighted by atomic mass is 10.2. The number of carbonyl (C=O) groups is 2. The summed E-state index contributed by atoms with van der Waals surface area (Å²) in [4.78, 5) is 22.2. The third kappa shape index (κ3) is 3.35. The maximum atomic E-state index is 13.4. The van der Waals surface area contributed by atoms with E-state index in [0.717, 1.165) is 17.7 Å². The number of amides is 2. The Morgan fingerprint density at radius 2 is 2.10 bits per heavy atom. The van der Waals surface area contributed by atoms with Crippen molar-refractivity contribution in [1.82, 2.24) is 5.32 Å². The highest BCUT2D eigenvalue weighted by Crippen LogP contribution is 2.14. The molecule has 0 atom stereocenters. The van der Waals surface area contributed by atoms with Crippen molar-refractivity contribution in [3.05, 3.63) is 53.7 Å². The van der Waals surface area contributed by atoms with Gasteiger partial charge >= 0.3 is 12.0 Å². The Morgan fingerprint density at radius 3 is 2.70 bits per heavy atom. The molecule has 2 rings (SSSR count). The molecule has 0 aliphatic carbocycles. The van der Waals surface area contributed by atoms with E-state index >= 15 is 0 Å². The highest BCUT2D eigenvalue weighted by Gasteiger charge is 2.11. The summed E-state index contributed by atoms with van der Waals surface area (Å²) in [5.74, 6) is -2.27. The van der Waals surface area contributed by atoms with Crippen LogP contribution in [0.3, 0.4) is 0 Å². The Bertz CT molecular complexity index is 625. The number of nitrogens with one attached hydrogen (secondary N) is 2. The molecule has 6 nitrogen and oxygen atoms in total. The largest absolute Gasteiger partial charge is 0.478 e. The van der Waals surface area contributed by atoms with Gasteiger partial charge in [0, 0.05) is 17.8 Å². The smallest absolute Gasteiger partial charge is 0.338 e. The highest BCUT2D eigenvalue weighted by atomic mass is 19.1.